The Balaban J connectivity index is 1.66. The summed E-state index contributed by atoms with van der Waals surface area (Å²) in [5.41, 5.74) is 3.66. The van der Waals surface area contributed by atoms with Crippen molar-refractivity contribution in [3.63, 3.8) is 0 Å². The van der Waals surface area contributed by atoms with Crippen LogP contribution >= 0.6 is 34.7 Å². The molecule has 104 valence electrons. The van der Waals surface area contributed by atoms with Gasteiger partial charge >= 0.3 is 0 Å². The third-order valence-corrected chi connectivity index (χ3v) is 4.40. The molecule has 2 aromatic rings. The minimum Gasteiger partial charge on any atom is -0.272 e. The standard InChI is InChI=1S/C14H13ClN2OS2/c15-12-5-3-11(4-6-12)9-19-10-14(18)17-16-8-13-2-1-7-20-13/h1-8H,9-10H2,(H,17,18). The average Bonchev–Trinajstić information content (AvgIpc) is 2.94. The Hall–Kier alpha value is -1.30. The van der Waals surface area contributed by atoms with E-state index in [0.29, 0.717) is 5.75 Å². The lowest BCUT2D eigenvalue weighted by atomic mass is 10.2. The molecule has 0 unspecified atom stereocenters. The largest absolute Gasteiger partial charge is 0.272 e. The van der Waals surface area contributed by atoms with Crippen molar-refractivity contribution < 1.29 is 4.79 Å². The number of amides is 1. The van der Waals surface area contributed by atoms with E-state index in [-0.39, 0.29) is 5.91 Å². The number of nitrogens with one attached hydrogen (secondary N) is 1. The minimum atomic E-state index is -0.100. The normalized spacial score (nSPS) is 10.8. The Kier molecular flexibility index (Phi) is 6.11. The molecule has 20 heavy (non-hydrogen) atoms. The second kappa shape index (κ2) is 8.09. The zero-order chi connectivity index (χ0) is 14.2. The molecule has 0 aliphatic rings. The van der Waals surface area contributed by atoms with Crippen molar-refractivity contribution in [2.75, 3.05) is 5.75 Å². The third-order valence-electron chi connectivity index (χ3n) is 2.34. The maximum atomic E-state index is 11.6. The predicted octanol–water partition coefficient (Wildman–Crippen LogP) is 3.79. The summed E-state index contributed by atoms with van der Waals surface area (Å²) in [5, 5.41) is 6.59. The van der Waals surface area contributed by atoms with Gasteiger partial charge in [0.05, 0.1) is 12.0 Å². The number of hydrogen-bond donors (Lipinski definition) is 1. The zero-order valence-electron chi connectivity index (χ0n) is 10.6. The van der Waals surface area contributed by atoms with Crippen molar-refractivity contribution >= 4 is 46.8 Å². The second-order valence-corrected chi connectivity index (χ2v) is 6.33. The topological polar surface area (TPSA) is 41.5 Å². The fourth-order valence-electron chi connectivity index (χ4n) is 1.41. The van der Waals surface area contributed by atoms with E-state index in [1.54, 1.807) is 29.3 Å². The van der Waals surface area contributed by atoms with Crippen LogP contribution in [0.15, 0.2) is 46.9 Å². The summed E-state index contributed by atoms with van der Waals surface area (Å²) in [5.74, 6) is 1.06. The van der Waals surface area contributed by atoms with Gasteiger partial charge in [0.25, 0.3) is 0 Å². The van der Waals surface area contributed by atoms with Gasteiger partial charge in [0, 0.05) is 15.7 Å². The molecule has 0 saturated carbocycles. The van der Waals surface area contributed by atoms with Crippen LogP contribution in [0.2, 0.25) is 5.02 Å². The Morgan fingerprint density at radius 2 is 2.15 bits per heavy atom. The lowest BCUT2D eigenvalue weighted by Gasteiger charge is -2.01. The molecule has 1 heterocycles. The highest BCUT2D eigenvalue weighted by Gasteiger charge is 2.00. The molecule has 0 saturated heterocycles. The smallest absolute Gasteiger partial charge is 0.250 e. The van der Waals surface area contributed by atoms with Crippen molar-refractivity contribution in [1.29, 1.82) is 0 Å². The van der Waals surface area contributed by atoms with Crippen LogP contribution in [0.5, 0.6) is 0 Å². The predicted molar refractivity (Wildman–Crippen MR) is 87.7 cm³/mol. The van der Waals surface area contributed by atoms with E-state index in [1.807, 2.05) is 41.8 Å². The van der Waals surface area contributed by atoms with Crippen LogP contribution < -0.4 is 5.43 Å². The number of thiophene rings is 1. The van der Waals surface area contributed by atoms with E-state index in [1.165, 1.54) is 0 Å². The Bertz CT molecular complexity index is 567. The molecule has 2 rings (SSSR count). The number of rotatable bonds is 6. The van der Waals surface area contributed by atoms with E-state index in [9.17, 15) is 4.79 Å². The monoisotopic (exact) mass is 324 g/mol. The van der Waals surface area contributed by atoms with Gasteiger partial charge in [-0.1, -0.05) is 29.8 Å². The van der Waals surface area contributed by atoms with Crippen LogP contribution in [-0.4, -0.2) is 17.9 Å². The molecule has 0 bridgehead atoms. The summed E-state index contributed by atoms with van der Waals surface area (Å²) in [6.45, 7) is 0. The number of hydrazone groups is 1. The second-order valence-electron chi connectivity index (χ2n) is 3.93. The van der Waals surface area contributed by atoms with Crippen LogP contribution in [-0.2, 0) is 10.5 Å². The Labute approximate surface area is 131 Å². The lowest BCUT2D eigenvalue weighted by Crippen LogP contribution is -2.19. The maximum absolute atomic E-state index is 11.6. The van der Waals surface area contributed by atoms with E-state index in [4.69, 9.17) is 11.6 Å². The molecular weight excluding hydrogens is 312 g/mol. The number of carbonyl (C=O) groups is 1. The molecule has 0 fully saturated rings. The minimum absolute atomic E-state index is 0.100. The van der Waals surface area contributed by atoms with Crippen LogP contribution in [0.3, 0.4) is 0 Å². The van der Waals surface area contributed by atoms with Gasteiger partial charge in [0.2, 0.25) is 5.91 Å². The number of thioether (sulfide) groups is 1. The molecule has 0 radical (unpaired) electrons. The van der Waals surface area contributed by atoms with Gasteiger partial charge in [-0.25, -0.2) is 5.43 Å². The Morgan fingerprint density at radius 1 is 1.35 bits per heavy atom. The first-order chi connectivity index (χ1) is 9.74. The zero-order valence-corrected chi connectivity index (χ0v) is 13.0. The molecule has 0 atom stereocenters. The molecule has 3 nitrogen and oxygen atoms in total. The van der Waals surface area contributed by atoms with Gasteiger partial charge in [0.1, 0.15) is 0 Å². The number of halogens is 1. The maximum Gasteiger partial charge on any atom is 0.250 e. The SMILES string of the molecule is O=C(CSCc1ccc(Cl)cc1)NN=Cc1cccs1. The van der Waals surface area contributed by atoms with E-state index in [2.05, 4.69) is 10.5 Å². The van der Waals surface area contributed by atoms with Gasteiger partial charge in [-0.3, -0.25) is 4.79 Å². The fourth-order valence-corrected chi connectivity index (χ4v) is 2.90. The number of nitrogens with zero attached hydrogens (tertiary/aromatic N) is 1. The van der Waals surface area contributed by atoms with Crippen LogP contribution in [0.1, 0.15) is 10.4 Å². The quantitative estimate of drug-likeness (QED) is 0.649. The Morgan fingerprint density at radius 3 is 2.85 bits per heavy atom. The fraction of sp³-hybridized carbons (Fsp3) is 0.143. The summed E-state index contributed by atoms with van der Waals surface area (Å²) in [6.07, 6.45) is 1.65. The lowest BCUT2D eigenvalue weighted by molar-refractivity contribution is -0.118. The molecule has 0 spiro atoms. The van der Waals surface area contributed by atoms with Crippen molar-refractivity contribution in [2.45, 2.75) is 5.75 Å². The van der Waals surface area contributed by atoms with Crippen LogP contribution in [0.4, 0.5) is 0 Å². The van der Waals surface area contributed by atoms with E-state index >= 15 is 0 Å². The van der Waals surface area contributed by atoms with Gasteiger partial charge < -0.3 is 0 Å². The van der Waals surface area contributed by atoms with Crippen molar-refractivity contribution in [3.8, 4) is 0 Å². The van der Waals surface area contributed by atoms with Crippen molar-refractivity contribution in [3.05, 3.63) is 57.2 Å². The van der Waals surface area contributed by atoms with Crippen molar-refractivity contribution in [1.82, 2.24) is 5.43 Å². The first-order valence-corrected chi connectivity index (χ1v) is 8.33. The summed E-state index contributed by atoms with van der Waals surface area (Å²) in [4.78, 5) is 12.6. The number of hydrogen-bond acceptors (Lipinski definition) is 4. The van der Waals surface area contributed by atoms with Crippen molar-refractivity contribution in [2.24, 2.45) is 5.10 Å². The summed E-state index contributed by atoms with van der Waals surface area (Å²) < 4.78 is 0. The molecule has 1 N–H and O–H groups in total. The highest BCUT2D eigenvalue weighted by Crippen LogP contribution is 2.15. The molecule has 1 aromatic heterocycles. The first kappa shape index (κ1) is 15.1. The highest BCUT2D eigenvalue weighted by molar-refractivity contribution is 7.99. The summed E-state index contributed by atoms with van der Waals surface area (Å²) in [7, 11) is 0. The summed E-state index contributed by atoms with van der Waals surface area (Å²) >= 11 is 8.93. The van der Waals surface area contributed by atoms with Gasteiger partial charge in [0.15, 0.2) is 0 Å². The van der Waals surface area contributed by atoms with Gasteiger partial charge in [-0.2, -0.15) is 5.10 Å². The number of carbonyl (C=O) groups excluding carboxylic acids is 1. The van der Waals surface area contributed by atoms with E-state index in [0.717, 1.165) is 21.2 Å². The van der Waals surface area contributed by atoms with Gasteiger partial charge in [-0.05, 0) is 29.1 Å². The van der Waals surface area contributed by atoms with Crippen LogP contribution in [0, 0.1) is 0 Å². The molecule has 0 aliphatic heterocycles. The molecular formula is C14H13ClN2OS2. The molecule has 1 aromatic carbocycles. The summed E-state index contributed by atoms with van der Waals surface area (Å²) in [6, 6.07) is 11.5. The average molecular weight is 325 g/mol. The first-order valence-electron chi connectivity index (χ1n) is 5.91. The third kappa shape index (κ3) is 5.36. The molecule has 1 amide bonds. The highest BCUT2D eigenvalue weighted by atomic mass is 35.5. The van der Waals surface area contributed by atoms with Gasteiger partial charge in [-0.15, -0.1) is 23.1 Å². The number of benzene rings is 1. The van der Waals surface area contributed by atoms with E-state index < -0.39 is 0 Å². The van der Waals surface area contributed by atoms with Crippen LogP contribution in [0.25, 0.3) is 0 Å². The molecule has 0 aliphatic carbocycles. The molecule has 6 heteroatoms.